The van der Waals surface area contributed by atoms with Crippen LogP contribution in [0.3, 0.4) is 0 Å². The molecule has 0 aromatic carbocycles. The lowest BCUT2D eigenvalue weighted by Gasteiger charge is -2.13. The molecule has 1 atom stereocenters. The van der Waals surface area contributed by atoms with E-state index < -0.39 is 0 Å². The summed E-state index contributed by atoms with van der Waals surface area (Å²) in [5, 5.41) is 12.9. The van der Waals surface area contributed by atoms with Crippen molar-refractivity contribution in [2.45, 2.75) is 32.8 Å². The highest BCUT2D eigenvalue weighted by atomic mass is 32.1. The van der Waals surface area contributed by atoms with Crippen molar-refractivity contribution in [3.05, 3.63) is 10.6 Å². The molecule has 1 amide bonds. The summed E-state index contributed by atoms with van der Waals surface area (Å²) in [5.74, 6) is -0.0551. The van der Waals surface area contributed by atoms with Gasteiger partial charge in [0, 0.05) is 18.0 Å². The molecule has 0 saturated carbocycles. The number of amides is 1. The largest absolute Gasteiger partial charge is 0.392 e. The zero-order valence-electron chi connectivity index (χ0n) is 10.8. The van der Waals surface area contributed by atoms with Crippen molar-refractivity contribution >= 4 is 22.4 Å². The Labute approximate surface area is 111 Å². The van der Waals surface area contributed by atoms with Crippen LogP contribution in [0.25, 0.3) is 0 Å². The average molecular weight is 269 g/mol. The lowest BCUT2D eigenvalue weighted by Crippen LogP contribution is -2.32. The lowest BCUT2D eigenvalue weighted by atomic mass is 10.3. The van der Waals surface area contributed by atoms with Gasteiger partial charge in [-0.05, 0) is 19.8 Å². The summed E-state index contributed by atoms with van der Waals surface area (Å²) >= 11 is 1.51. The summed E-state index contributed by atoms with van der Waals surface area (Å²) in [6.45, 7) is 5.77. The molecule has 1 aliphatic heterocycles. The SMILES string of the molecule is CCc1nc(NC(=O)CN2CCC(O)C2)sc1C. The molecule has 2 rings (SSSR count). The van der Waals surface area contributed by atoms with Crippen LogP contribution in [-0.2, 0) is 11.2 Å². The molecule has 6 heteroatoms. The Morgan fingerprint density at radius 3 is 3.00 bits per heavy atom. The molecular weight excluding hydrogens is 250 g/mol. The highest BCUT2D eigenvalue weighted by Gasteiger charge is 2.22. The Morgan fingerprint density at radius 1 is 1.67 bits per heavy atom. The van der Waals surface area contributed by atoms with E-state index in [0.29, 0.717) is 18.2 Å². The molecule has 1 aromatic heterocycles. The quantitative estimate of drug-likeness (QED) is 0.856. The molecule has 1 unspecified atom stereocenters. The van der Waals surface area contributed by atoms with Gasteiger partial charge in [-0.3, -0.25) is 9.69 Å². The van der Waals surface area contributed by atoms with Crippen molar-refractivity contribution in [3.63, 3.8) is 0 Å². The Balaban J connectivity index is 1.86. The van der Waals surface area contributed by atoms with E-state index in [4.69, 9.17) is 0 Å². The molecule has 2 N–H and O–H groups in total. The van der Waals surface area contributed by atoms with E-state index in [-0.39, 0.29) is 12.0 Å². The van der Waals surface area contributed by atoms with Gasteiger partial charge in [0.05, 0.1) is 18.3 Å². The number of likely N-dealkylation sites (tertiary alicyclic amines) is 1. The lowest BCUT2D eigenvalue weighted by molar-refractivity contribution is -0.117. The number of aliphatic hydroxyl groups excluding tert-OH is 1. The average Bonchev–Trinajstić information content (AvgIpc) is 2.85. The van der Waals surface area contributed by atoms with E-state index in [0.717, 1.165) is 30.0 Å². The number of nitrogens with zero attached hydrogens (tertiary/aromatic N) is 2. The fourth-order valence-corrected chi connectivity index (χ4v) is 3.05. The third kappa shape index (κ3) is 3.28. The minimum absolute atomic E-state index is 0.0551. The summed E-state index contributed by atoms with van der Waals surface area (Å²) in [6, 6.07) is 0. The number of aryl methyl sites for hydroxylation is 2. The smallest absolute Gasteiger partial charge is 0.240 e. The van der Waals surface area contributed by atoms with Gasteiger partial charge in [-0.15, -0.1) is 11.3 Å². The maximum atomic E-state index is 11.8. The zero-order chi connectivity index (χ0) is 13.1. The van der Waals surface area contributed by atoms with Crippen LogP contribution < -0.4 is 5.32 Å². The monoisotopic (exact) mass is 269 g/mol. The highest BCUT2D eigenvalue weighted by Crippen LogP contribution is 2.22. The second kappa shape index (κ2) is 5.77. The zero-order valence-corrected chi connectivity index (χ0v) is 11.6. The van der Waals surface area contributed by atoms with E-state index in [9.17, 15) is 9.90 Å². The van der Waals surface area contributed by atoms with Gasteiger partial charge in [-0.25, -0.2) is 4.98 Å². The van der Waals surface area contributed by atoms with Gasteiger partial charge < -0.3 is 10.4 Å². The first-order valence-electron chi connectivity index (χ1n) is 6.25. The Kier molecular flexibility index (Phi) is 4.31. The standard InChI is InChI=1S/C12H19N3O2S/c1-3-10-8(2)18-12(13-10)14-11(17)7-15-5-4-9(16)6-15/h9,16H,3-7H2,1-2H3,(H,13,14,17). The van der Waals surface area contributed by atoms with Crippen LogP contribution in [0, 0.1) is 6.92 Å². The first-order chi connectivity index (χ1) is 8.58. The molecule has 2 heterocycles. The Bertz CT molecular complexity index is 433. The van der Waals surface area contributed by atoms with Gasteiger partial charge >= 0.3 is 0 Å². The van der Waals surface area contributed by atoms with Crippen LogP contribution >= 0.6 is 11.3 Å². The molecule has 0 bridgehead atoms. The van der Waals surface area contributed by atoms with E-state index in [1.165, 1.54) is 11.3 Å². The van der Waals surface area contributed by atoms with Gasteiger partial charge in [0.25, 0.3) is 0 Å². The molecule has 0 spiro atoms. The number of anilines is 1. The summed E-state index contributed by atoms with van der Waals surface area (Å²) in [7, 11) is 0. The van der Waals surface area contributed by atoms with Crippen molar-refractivity contribution in [3.8, 4) is 0 Å². The Morgan fingerprint density at radius 2 is 2.44 bits per heavy atom. The van der Waals surface area contributed by atoms with E-state index in [1.54, 1.807) is 0 Å². The number of thiazole rings is 1. The van der Waals surface area contributed by atoms with Crippen LogP contribution in [0.1, 0.15) is 23.9 Å². The summed E-state index contributed by atoms with van der Waals surface area (Å²) in [4.78, 5) is 19.3. The molecule has 1 fully saturated rings. The first-order valence-corrected chi connectivity index (χ1v) is 7.06. The Hall–Kier alpha value is -0.980. The van der Waals surface area contributed by atoms with Crippen LogP contribution in [0.4, 0.5) is 5.13 Å². The summed E-state index contributed by atoms with van der Waals surface area (Å²) in [5.41, 5.74) is 1.05. The van der Waals surface area contributed by atoms with Crippen LogP contribution in [-0.4, -0.2) is 46.6 Å². The molecule has 1 aromatic rings. The van der Waals surface area contributed by atoms with Crippen molar-refractivity contribution in [1.82, 2.24) is 9.88 Å². The number of rotatable bonds is 4. The van der Waals surface area contributed by atoms with Gasteiger partial charge in [0.15, 0.2) is 5.13 Å². The first kappa shape index (κ1) is 13.5. The van der Waals surface area contributed by atoms with Crippen molar-refractivity contribution in [1.29, 1.82) is 0 Å². The number of carbonyl (C=O) groups is 1. The normalized spacial score (nSPS) is 20.3. The number of carbonyl (C=O) groups excluding carboxylic acids is 1. The molecular formula is C12H19N3O2S. The number of aliphatic hydroxyl groups is 1. The van der Waals surface area contributed by atoms with Crippen molar-refractivity contribution < 1.29 is 9.90 Å². The van der Waals surface area contributed by atoms with Crippen molar-refractivity contribution in [2.75, 3.05) is 25.0 Å². The fraction of sp³-hybridized carbons (Fsp3) is 0.667. The van der Waals surface area contributed by atoms with Crippen LogP contribution in [0.2, 0.25) is 0 Å². The molecule has 18 heavy (non-hydrogen) atoms. The second-order valence-corrected chi connectivity index (χ2v) is 5.80. The molecule has 100 valence electrons. The number of hydrogen-bond acceptors (Lipinski definition) is 5. The van der Waals surface area contributed by atoms with Gasteiger partial charge in [-0.1, -0.05) is 6.92 Å². The van der Waals surface area contributed by atoms with Gasteiger partial charge in [0.2, 0.25) is 5.91 Å². The number of β-amino-alcohol motifs (C(OH)–C–C–N with tert-alkyl or cyclic N) is 1. The number of nitrogens with one attached hydrogen (secondary N) is 1. The van der Waals surface area contributed by atoms with Gasteiger partial charge in [0.1, 0.15) is 0 Å². The predicted octanol–water partition coefficient (Wildman–Crippen LogP) is 1.02. The maximum Gasteiger partial charge on any atom is 0.240 e. The number of hydrogen-bond donors (Lipinski definition) is 2. The van der Waals surface area contributed by atoms with Crippen LogP contribution in [0.15, 0.2) is 0 Å². The fourth-order valence-electron chi connectivity index (χ4n) is 2.13. The summed E-state index contributed by atoms with van der Waals surface area (Å²) < 4.78 is 0. The second-order valence-electron chi connectivity index (χ2n) is 4.60. The van der Waals surface area contributed by atoms with E-state index in [2.05, 4.69) is 17.2 Å². The minimum Gasteiger partial charge on any atom is -0.392 e. The minimum atomic E-state index is -0.286. The summed E-state index contributed by atoms with van der Waals surface area (Å²) in [6.07, 6.45) is 1.35. The topological polar surface area (TPSA) is 65.5 Å². The van der Waals surface area contributed by atoms with Gasteiger partial charge in [-0.2, -0.15) is 0 Å². The van der Waals surface area contributed by atoms with Crippen molar-refractivity contribution in [2.24, 2.45) is 0 Å². The molecule has 1 aliphatic rings. The third-order valence-corrected chi connectivity index (χ3v) is 4.02. The van der Waals surface area contributed by atoms with E-state index in [1.807, 2.05) is 11.8 Å². The maximum absolute atomic E-state index is 11.8. The molecule has 0 aliphatic carbocycles. The highest BCUT2D eigenvalue weighted by molar-refractivity contribution is 7.15. The molecule has 0 radical (unpaired) electrons. The predicted molar refractivity (Wildman–Crippen MR) is 71.9 cm³/mol. The van der Waals surface area contributed by atoms with E-state index >= 15 is 0 Å². The molecule has 5 nitrogen and oxygen atoms in total. The third-order valence-electron chi connectivity index (χ3n) is 3.09. The molecule has 1 saturated heterocycles. The number of aromatic nitrogens is 1. The van der Waals surface area contributed by atoms with Crippen LogP contribution in [0.5, 0.6) is 0 Å².